The molecular formula is C18H20F2N6S. The highest BCUT2D eigenvalue weighted by molar-refractivity contribution is 7.22. The van der Waals surface area contributed by atoms with Crippen LogP contribution < -0.4 is 10.6 Å². The molecule has 0 bridgehead atoms. The van der Waals surface area contributed by atoms with Gasteiger partial charge in [0, 0.05) is 24.8 Å². The SMILES string of the molecule is Fc1ccc(Nc2ncnc3nc(NCCN4CCCCC4)sc23)cc1F. The third-order valence-electron chi connectivity index (χ3n) is 4.53. The molecule has 27 heavy (non-hydrogen) atoms. The van der Waals surface area contributed by atoms with E-state index in [1.165, 1.54) is 43.0 Å². The minimum atomic E-state index is -0.908. The fraction of sp³-hybridized carbons (Fsp3) is 0.389. The highest BCUT2D eigenvalue weighted by atomic mass is 32.1. The van der Waals surface area contributed by atoms with E-state index in [9.17, 15) is 8.78 Å². The van der Waals surface area contributed by atoms with E-state index in [1.807, 2.05) is 0 Å². The second-order valence-electron chi connectivity index (χ2n) is 6.48. The van der Waals surface area contributed by atoms with Gasteiger partial charge in [0.25, 0.3) is 0 Å². The zero-order valence-electron chi connectivity index (χ0n) is 14.7. The molecule has 0 atom stereocenters. The lowest BCUT2D eigenvalue weighted by molar-refractivity contribution is 0.237. The third-order valence-corrected chi connectivity index (χ3v) is 5.54. The van der Waals surface area contributed by atoms with Gasteiger partial charge in [0.2, 0.25) is 0 Å². The zero-order valence-corrected chi connectivity index (χ0v) is 15.5. The van der Waals surface area contributed by atoms with Crippen LogP contribution in [0.15, 0.2) is 24.5 Å². The van der Waals surface area contributed by atoms with E-state index in [1.54, 1.807) is 0 Å². The van der Waals surface area contributed by atoms with Gasteiger partial charge in [-0.2, -0.15) is 4.98 Å². The summed E-state index contributed by atoms with van der Waals surface area (Å²) in [7, 11) is 0. The van der Waals surface area contributed by atoms with Gasteiger partial charge in [-0.15, -0.1) is 0 Å². The number of fused-ring (bicyclic) bond motifs is 1. The number of benzene rings is 1. The number of nitrogens with one attached hydrogen (secondary N) is 2. The van der Waals surface area contributed by atoms with Gasteiger partial charge in [0.1, 0.15) is 11.0 Å². The summed E-state index contributed by atoms with van der Waals surface area (Å²) in [5, 5.41) is 7.14. The van der Waals surface area contributed by atoms with Crippen molar-refractivity contribution in [2.75, 3.05) is 36.8 Å². The van der Waals surface area contributed by atoms with Crippen molar-refractivity contribution in [1.82, 2.24) is 19.9 Å². The number of piperidine rings is 1. The van der Waals surface area contributed by atoms with Crippen molar-refractivity contribution in [3.8, 4) is 0 Å². The minimum absolute atomic E-state index is 0.418. The van der Waals surface area contributed by atoms with Gasteiger partial charge >= 0.3 is 0 Å². The van der Waals surface area contributed by atoms with Gasteiger partial charge in [-0.3, -0.25) is 0 Å². The quantitative estimate of drug-likeness (QED) is 0.663. The molecule has 1 aliphatic heterocycles. The number of rotatable bonds is 6. The van der Waals surface area contributed by atoms with Gasteiger partial charge in [-0.05, 0) is 38.1 Å². The molecule has 6 nitrogen and oxygen atoms in total. The Kier molecular flexibility index (Phi) is 5.40. The Balaban J connectivity index is 1.45. The fourth-order valence-electron chi connectivity index (χ4n) is 3.13. The molecule has 3 heterocycles. The highest BCUT2D eigenvalue weighted by Crippen LogP contribution is 2.31. The van der Waals surface area contributed by atoms with E-state index < -0.39 is 11.6 Å². The Morgan fingerprint density at radius 2 is 1.93 bits per heavy atom. The maximum Gasteiger partial charge on any atom is 0.185 e. The van der Waals surface area contributed by atoms with Crippen LogP contribution in [0.2, 0.25) is 0 Å². The average molecular weight is 390 g/mol. The summed E-state index contributed by atoms with van der Waals surface area (Å²) in [4.78, 5) is 15.4. The van der Waals surface area contributed by atoms with Crippen molar-refractivity contribution in [2.45, 2.75) is 19.3 Å². The first-order chi connectivity index (χ1) is 13.2. The second kappa shape index (κ2) is 8.10. The van der Waals surface area contributed by atoms with Crippen molar-refractivity contribution < 1.29 is 8.78 Å². The van der Waals surface area contributed by atoms with Gasteiger partial charge < -0.3 is 15.5 Å². The molecule has 0 radical (unpaired) electrons. The lowest BCUT2D eigenvalue weighted by Crippen LogP contribution is -2.33. The van der Waals surface area contributed by atoms with Gasteiger partial charge in [-0.25, -0.2) is 18.7 Å². The molecule has 1 aromatic carbocycles. The predicted molar refractivity (Wildman–Crippen MR) is 104 cm³/mol. The molecule has 9 heteroatoms. The fourth-order valence-corrected chi connectivity index (χ4v) is 4.02. The van der Waals surface area contributed by atoms with E-state index in [4.69, 9.17) is 0 Å². The monoisotopic (exact) mass is 390 g/mol. The van der Waals surface area contributed by atoms with Crippen LogP contribution in [0.3, 0.4) is 0 Å². The predicted octanol–water partition coefficient (Wildman–Crippen LogP) is 4.01. The molecule has 0 saturated carbocycles. The highest BCUT2D eigenvalue weighted by Gasteiger charge is 2.13. The summed E-state index contributed by atoms with van der Waals surface area (Å²) in [5.74, 6) is -1.27. The van der Waals surface area contributed by atoms with Crippen LogP contribution in [0.4, 0.5) is 25.4 Å². The Hall–Kier alpha value is -2.39. The molecule has 3 aromatic rings. The third kappa shape index (κ3) is 4.30. The van der Waals surface area contributed by atoms with Gasteiger partial charge in [0.15, 0.2) is 28.2 Å². The van der Waals surface area contributed by atoms with Crippen molar-refractivity contribution in [3.05, 3.63) is 36.2 Å². The van der Waals surface area contributed by atoms with E-state index in [0.29, 0.717) is 17.2 Å². The van der Waals surface area contributed by atoms with Crippen LogP contribution in [0, 0.1) is 11.6 Å². The molecule has 0 amide bonds. The lowest BCUT2D eigenvalue weighted by atomic mass is 10.1. The molecule has 1 aliphatic rings. The van der Waals surface area contributed by atoms with Crippen LogP contribution >= 0.6 is 11.3 Å². The summed E-state index contributed by atoms with van der Waals surface area (Å²) in [6.07, 6.45) is 5.28. The Morgan fingerprint density at radius 3 is 2.74 bits per heavy atom. The van der Waals surface area contributed by atoms with Gasteiger partial charge in [-0.1, -0.05) is 17.8 Å². The molecular weight excluding hydrogens is 370 g/mol. The van der Waals surface area contributed by atoms with E-state index in [-0.39, 0.29) is 0 Å². The number of nitrogens with zero attached hydrogens (tertiary/aromatic N) is 4. The van der Waals surface area contributed by atoms with Crippen LogP contribution in [0.1, 0.15) is 19.3 Å². The Morgan fingerprint density at radius 1 is 1.07 bits per heavy atom. The van der Waals surface area contributed by atoms with Crippen molar-refractivity contribution in [1.29, 1.82) is 0 Å². The molecule has 142 valence electrons. The zero-order chi connectivity index (χ0) is 18.6. The summed E-state index contributed by atoms with van der Waals surface area (Å²) in [5.41, 5.74) is 0.988. The normalized spacial score (nSPS) is 15.2. The first-order valence-electron chi connectivity index (χ1n) is 8.99. The molecule has 4 rings (SSSR count). The Labute approximate surface area is 159 Å². The molecule has 2 N–H and O–H groups in total. The average Bonchev–Trinajstić information content (AvgIpc) is 3.10. The van der Waals surface area contributed by atoms with E-state index in [2.05, 4.69) is 30.5 Å². The van der Waals surface area contributed by atoms with Crippen molar-refractivity contribution in [2.24, 2.45) is 0 Å². The van der Waals surface area contributed by atoms with Crippen molar-refractivity contribution in [3.63, 3.8) is 0 Å². The number of anilines is 3. The summed E-state index contributed by atoms with van der Waals surface area (Å²) in [6.45, 7) is 4.13. The van der Waals surface area contributed by atoms with Crippen LogP contribution in [-0.2, 0) is 0 Å². The van der Waals surface area contributed by atoms with E-state index in [0.717, 1.165) is 48.1 Å². The number of likely N-dealkylation sites (tertiary alicyclic amines) is 1. The first kappa shape index (κ1) is 18.0. The van der Waals surface area contributed by atoms with E-state index >= 15 is 0 Å². The van der Waals surface area contributed by atoms with Crippen LogP contribution in [-0.4, -0.2) is 46.0 Å². The number of aromatic nitrogens is 3. The summed E-state index contributed by atoms with van der Waals surface area (Å²) in [6, 6.07) is 3.64. The smallest absolute Gasteiger partial charge is 0.185 e. The summed E-state index contributed by atoms with van der Waals surface area (Å²) < 4.78 is 27.3. The molecule has 0 unspecified atom stereocenters. The maximum atomic E-state index is 13.4. The molecule has 1 saturated heterocycles. The van der Waals surface area contributed by atoms with Crippen molar-refractivity contribution >= 4 is 38.3 Å². The molecule has 2 aromatic heterocycles. The maximum absolute atomic E-state index is 13.4. The van der Waals surface area contributed by atoms with Gasteiger partial charge in [0.05, 0.1) is 0 Å². The molecule has 0 aliphatic carbocycles. The first-order valence-corrected chi connectivity index (χ1v) is 9.80. The number of hydrogen-bond acceptors (Lipinski definition) is 7. The van der Waals surface area contributed by atoms with Crippen LogP contribution in [0.5, 0.6) is 0 Å². The second-order valence-corrected chi connectivity index (χ2v) is 7.48. The Bertz CT molecular complexity index is 925. The van der Waals surface area contributed by atoms with Crippen LogP contribution in [0.25, 0.3) is 10.3 Å². The molecule has 1 fully saturated rings. The topological polar surface area (TPSA) is 66.0 Å². The lowest BCUT2D eigenvalue weighted by Gasteiger charge is -2.26. The number of halogens is 2. The number of thiazole rings is 1. The minimum Gasteiger partial charge on any atom is -0.360 e. The largest absolute Gasteiger partial charge is 0.360 e. The number of hydrogen-bond donors (Lipinski definition) is 2. The summed E-state index contributed by atoms with van der Waals surface area (Å²) >= 11 is 1.44. The standard InChI is InChI=1S/C18H20F2N6S/c19-13-5-4-12(10-14(13)20)24-16-15-17(23-11-22-16)25-18(27-15)21-6-9-26-7-2-1-3-8-26/h4-5,10-11H,1-3,6-9H2,(H2,21,22,23,24,25). The molecule has 0 spiro atoms.